The molecule has 1 aromatic heterocycles. The van der Waals surface area contributed by atoms with Gasteiger partial charge in [-0.15, -0.1) is 0 Å². The number of nitrogens with zero attached hydrogens (tertiary/aromatic N) is 1. The van der Waals surface area contributed by atoms with Gasteiger partial charge in [0.05, 0.1) is 6.42 Å². The normalized spacial score (nSPS) is 17.0. The molecular weight excluding hydrogens is 233 g/mol. The number of hydrogen-bond donors (Lipinski definition) is 1. The molecule has 3 nitrogen and oxygen atoms in total. The molecule has 0 saturated heterocycles. The first-order valence-corrected chi connectivity index (χ1v) is 5.99. The number of carbonyl (C=O) groups is 1. The molecule has 0 spiro atoms. The smallest absolute Gasteiger partial charge is 0.304 e. The second kappa shape index (κ2) is 3.57. The Hall–Kier alpha value is -1.84. The summed E-state index contributed by atoms with van der Waals surface area (Å²) in [6.07, 6.45) is 3.41. The van der Waals surface area contributed by atoms with Crippen LogP contribution in [0.5, 0.6) is 0 Å². The summed E-state index contributed by atoms with van der Waals surface area (Å²) in [4.78, 5) is 10.9. The second-order valence-electron chi connectivity index (χ2n) is 5.17. The molecule has 1 aromatic carbocycles. The lowest BCUT2D eigenvalue weighted by atomic mass is 9.91. The van der Waals surface area contributed by atoms with E-state index in [0.717, 1.165) is 23.7 Å². The van der Waals surface area contributed by atoms with Crippen LogP contribution in [0.3, 0.4) is 0 Å². The van der Waals surface area contributed by atoms with Gasteiger partial charge in [0, 0.05) is 29.6 Å². The lowest BCUT2D eigenvalue weighted by Crippen LogP contribution is -2.14. The fourth-order valence-electron chi connectivity index (χ4n) is 2.68. The summed E-state index contributed by atoms with van der Waals surface area (Å²) < 4.78 is 16.0. The van der Waals surface area contributed by atoms with E-state index in [2.05, 4.69) is 0 Å². The molecule has 1 saturated carbocycles. The number of hydrogen-bond acceptors (Lipinski definition) is 1. The van der Waals surface area contributed by atoms with Crippen molar-refractivity contribution in [1.29, 1.82) is 0 Å². The van der Waals surface area contributed by atoms with Gasteiger partial charge in [0.1, 0.15) is 5.82 Å². The zero-order chi connectivity index (χ0) is 12.9. The maximum Gasteiger partial charge on any atom is 0.304 e. The number of aromatic nitrogens is 1. The van der Waals surface area contributed by atoms with E-state index in [1.807, 2.05) is 23.9 Å². The van der Waals surface area contributed by atoms with Gasteiger partial charge in [-0.2, -0.15) is 0 Å². The molecule has 94 valence electrons. The van der Waals surface area contributed by atoms with Crippen LogP contribution in [0.1, 0.15) is 24.8 Å². The van der Waals surface area contributed by atoms with Gasteiger partial charge in [-0.1, -0.05) is 0 Å². The van der Waals surface area contributed by atoms with Crippen molar-refractivity contribution in [2.24, 2.45) is 7.05 Å². The van der Waals surface area contributed by atoms with Crippen LogP contribution >= 0.6 is 0 Å². The van der Waals surface area contributed by atoms with Gasteiger partial charge in [0.15, 0.2) is 0 Å². The van der Waals surface area contributed by atoms with Gasteiger partial charge in [0.25, 0.3) is 0 Å². The van der Waals surface area contributed by atoms with Crippen LogP contribution in [0.15, 0.2) is 24.4 Å². The van der Waals surface area contributed by atoms with E-state index in [-0.39, 0.29) is 12.2 Å². The molecule has 0 amide bonds. The average molecular weight is 247 g/mol. The first kappa shape index (κ1) is 11.3. The van der Waals surface area contributed by atoms with E-state index in [1.54, 1.807) is 6.07 Å². The molecule has 3 rings (SSSR count). The number of aryl methyl sites for hydroxylation is 1. The lowest BCUT2D eigenvalue weighted by Gasteiger charge is -2.14. The fourth-order valence-corrected chi connectivity index (χ4v) is 2.68. The van der Waals surface area contributed by atoms with E-state index in [4.69, 9.17) is 5.11 Å². The summed E-state index contributed by atoms with van der Waals surface area (Å²) in [6, 6.07) is 5.17. The van der Waals surface area contributed by atoms with Crippen molar-refractivity contribution < 1.29 is 14.3 Å². The highest BCUT2D eigenvalue weighted by atomic mass is 19.1. The van der Waals surface area contributed by atoms with Gasteiger partial charge in [-0.3, -0.25) is 4.79 Å². The third-order valence-corrected chi connectivity index (χ3v) is 3.89. The Bertz CT molecular complexity index is 641. The summed E-state index contributed by atoms with van der Waals surface area (Å²) >= 11 is 0. The molecular formula is C14H14FNO2. The zero-order valence-electron chi connectivity index (χ0n) is 10.1. The van der Waals surface area contributed by atoms with E-state index >= 15 is 0 Å². The van der Waals surface area contributed by atoms with E-state index in [0.29, 0.717) is 5.56 Å². The van der Waals surface area contributed by atoms with Gasteiger partial charge in [-0.25, -0.2) is 4.39 Å². The predicted octanol–water partition coefficient (Wildman–Crippen LogP) is 2.82. The number of fused-ring (bicyclic) bond motifs is 1. The molecule has 1 heterocycles. The topological polar surface area (TPSA) is 42.2 Å². The van der Waals surface area contributed by atoms with Crippen LogP contribution in [0.2, 0.25) is 0 Å². The molecule has 0 radical (unpaired) electrons. The van der Waals surface area contributed by atoms with E-state index < -0.39 is 11.4 Å². The maximum atomic E-state index is 14.1. The Morgan fingerprint density at radius 3 is 2.83 bits per heavy atom. The van der Waals surface area contributed by atoms with Crippen molar-refractivity contribution in [1.82, 2.24) is 4.57 Å². The monoisotopic (exact) mass is 247 g/mol. The van der Waals surface area contributed by atoms with Crippen LogP contribution in [0.4, 0.5) is 4.39 Å². The standard InChI is InChI=1S/C14H14FNO2/c1-16-5-2-9-6-11(15)10(7-12(9)16)14(3-4-14)8-13(17)18/h2,5-7H,3-4,8H2,1H3,(H,17,18). The van der Waals surface area contributed by atoms with Crippen molar-refractivity contribution >= 4 is 16.9 Å². The Morgan fingerprint density at radius 2 is 2.22 bits per heavy atom. The number of carboxylic acid groups (broad SMARTS) is 1. The molecule has 0 aliphatic heterocycles. The van der Waals surface area contributed by atoms with E-state index in [1.165, 1.54) is 6.07 Å². The molecule has 0 bridgehead atoms. The summed E-state index contributed by atoms with van der Waals surface area (Å²) in [5.41, 5.74) is 1.02. The maximum absolute atomic E-state index is 14.1. The largest absolute Gasteiger partial charge is 0.481 e. The van der Waals surface area contributed by atoms with Crippen molar-refractivity contribution in [2.45, 2.75) is 24.7 Å². The van der Waals surface area contributed by atoms with Gasteiger partial charge in [0.2, 0.25) is 0 Å². The van der Waals surface area contributed by atoms with Crippen molar-refractivity contribution in [2.75, 3.05) is 0 Å². The van der Waals surface area contributed by atoms with Crippen LogP contribution in [0.25, 0.3) is 10.9 Å². The fraction of sp³-hybridized carbons (Fsp3) is 0.357. The molecule has 0 unspecified atom stereocenters. The number of carboxylic acids is 1. The highest BCUT2D eigenvalue weighted by Crippen LogP contribution is 2.52. The van der Waals surface area contributed by atoms with Gasteiger partial charge >= 0.3 is 5.97 Å². The van der Waals surface area contributed by atoms with Crippen molar-refractivity contribution in [3.63, 3.8) is 0 Å². The van der Waals surface area contributed by atoms with E-state index in [9.17, 15) is 9.18 Å². The first-order valence-electron chi connectivity index (χ1n) is 5.99. The predicted molar refractivity (Wildman–Crippen MR) is 66.0 cm³/mol. The van der Waals surface area contributed by atoms with Gasteiger partial charge < -0.3 is 9.67 Å². The molecule has 1 aliphatic rings. The minimum Gasteiger partial charge on any atom is -0.481 e. The highest BCUT2D eigenvalue weighted by Gasteiger charge is 2.47. The van der Waals surface area contributed by atoms with Crippen LogP contribution in [0, 0.1) is 5.82 Å². The Balaban J connectivity index is 2.14. The average Bonchev–Trinajstić information content (AvgIpc) is 2.97. The highest BCUT2D eigenvalue weighted by molar-refractivity contribution is 5.82. The molecule has 4 heteroatoms. The molecule has 18 heavy (non-hydrogen) atoms. The zero-order valence-corrected chi connectivity index (χ0v) is 10.1. The SMILES string of the molecule is Cn1ccc2cc(F)c(C3(CC(=O)O)CC3)cc21. The van der Waals surface area contributed by atoms with Gasteiger partial charge in [-0.05, 0) is 36.6 Å². The molecule has 0 atom stereocenters. The summed E-state index contributed by atoms with van der Waals surface area (Å²) in [6.45, 7) is 0. The lowest BCUT2D eigenvalue weighted by molar-refractivity contribution is -0.137. The minimum absolute atomic E-state index is 0.0137. The number of halogens is 1. The number of rotatable bonds is 3. The molecule has 1 aliphatic carbocycles. The summed E-state index contributed by atoms with van der Waals surface area (Å²) in [5, 5.41) is 9.79. The second-order valence-corrected chi connectivity index (χ2v) is 5.17. The number of benzene rings is 1. The van der Waals surface area contributed by atoms with Crippen molar-refractivity contribution in [3.05, 3.63) is 35.8 Å². The minimum atomic E-state index is -0.862. The van der Waals surface area contributed by atoms with Crippen LogP contribution in [-0.4, -0.2) is 15.6 Å². The Kier molecular flexibility index (Phi) is 2.24. The molecule has 2 aromatic rings. The number of aliphatic carboxylic acids is 1. The first-order chi connectivity index (χ1) is 8.52. The summed E-state index contributed by atoms with van der Waals surface area (Å²) in [5.74, 6) is -1.15. The Labute approximate surface area is 104 Å². The van der Waals surface area contributed by atoms with Crippen molar-refractivity contribution in [3.8, 4) is 0 Å². The third kappa shape index (κ3) is 1.60. The molecule has 1 fully saturated rings. The van der Waals surface area contributed by atoms with Crippen LogP contribution in [-0.2, 0) is 17.3 Å². The quantitative estimate of drug-likeness (QED) is 0.906. The molecule has 1 N–H and O–H groups in total. The van der Waals surface area contributed by atoms with Crippen LogP contribution < -0.4 is 0 Å². The third-order valence-electron chi connectivity index (χ3n) is 3.89. The Morgan fingerprint density at radius 1 is 1.50 bits per heavy atom. The summed E-state index contributed by atoms with van der Waals surface area (Å²) in [7, 11) is 1.90.